The fourth-order valence-electron chi connectivity index (χ4n) is 4.31. The number of hydrogen-bond acceptors (Lipinski definition) is 7. The summed E-state index contributed by atoms with van der Waals surface area (Å²) in [6.45, 7) is 9.52. The molecule has 2 aliphatic heterocycles. The van der Waals surface area contributed by atoms with Crippen LogP contribution < -0.4 is 20.4 Å². The van der Waals surface area contributed by atoms with E-state index < -0.39 is 29.8 Å². The quantitative estimate of drug-likeness (QED) is 0.424. The number of pyridine rings is 1. The number of carbonyl (C=O) groups excluding carboxylic acids is 1. The van der Waals surface area contributed by atoms with E-state index in [0.29, 0.717) is 22.8 Å². The Balaban J connectivity index is 1.59. The van der Waals surface area contributed by atoms with Crippen LogP contribution >= 0.6 is 11.6 Å². The normalized spacial score (nSPS) is 21.0. The smallest absolute Gasteiger partial charge is 0.420 e. The summed E-state index contributed by atoms with van der Waals surface area (Å²) in [6.07, 6.45) is 2.52. The molecule has 1 N–H and O–H groups in total. The van der Waals surface area contributed by atoms with Crippen molar-refractivity contribution in [3.05, 3.63) is 42.1 Å². The topological polar surface area (TPSA) is 76.2 Å². The van der Waals surface area contributed by atoms with Crippen molar-refractivity contribution in [3.63, 3.8) is 0 Å². The molecule has 1 aromatic heterocycles. The van der Waals surface area contributed by atoms with Gasteiger partial charge in [-0.3, -0.25) is 4.79 Å². The molecule has 0 saturated carbocycles. The fourth-order valence-corrected chi connectivity index (χ4v) is 4.39. The maximum atomic E-state index is 13.1. The highest BCUT2D eigenvalue weighted by Crippen LogP contribution is 2.37. The number of benzene rings is 1. The van der Waals surface area contributed by atoms with Gasteiger partial charge in [-0.2, -0.15) is 0 Å². The first kappa shape index (κ1) is 27.6. The van der Waals surface area contributed by atoms with E-state index in [9.17, 15) is 13.6 Å². The van der Waals surface area contributed by atoms with Crippen molar-refractivity contribution in [3.8, 4) is 5.75 Å². The first-order valence-corrected chi connectivity index (χ1v) is 12.5. The summed E-state index contributed by atoms with van der Waals surface area (Å²) in [7, 11) is 3.42. The number of amides is 1. The van der Waals surface area contributed by atoms with Crippen molar-refractivity contribution in [1.29, 1.82) is 0 Å². The van der Waals surface area contributed by atoms with Crippen LogP contribution in [0.4, 0.5) is 20.3 Å². The molecule has 0 aliphatic carbocycles. The Morgan fingerprint density at radius 1 is 1.22 bits per heavy atom. The van der Waals surface area contributed by atoms with Gasteiger partial charge in [-0.15, -0.1) is 8.78 Å². The van der Waals surface area contributed by atoms with Gasteiger partial charge in [0.25, 0.3) is 5.91 Å². The van der Waals surface area contributed by atoms with Crippen LogP contribution in [-0.4, -0.2) is 72.9 Å². The van der Waals surface area contributed by atoms with Gasteiger partial charge in [0, 0.05) is 48.1 Å². The summed E-state index contributed by atoms with van der Waals surface area (Å²) < 4.78 is 42.6. The summed E-state index contributed by atoms with van der Waals surface area (Å²) >= 11 is 4.80. The summed E-state index contributed by atoms with van der Waals surface area (Å²) in [4.78, 5) is 22.2. The highest BCUT2D eigenvalue weighted by molar-refractivity contribution is 6.64. The second-order valence-corrected chi connectivity index (χ2v) is 11.0. The Morgan fingerprint density at radius 2 is 1.84 bits per heavy atom. The summed E-state index contributed by atoms with van der Waals surface area (Å²) in [5.41, 5.74) is -3.56. The molecule has 2 aliphatic rings. The molecule has 12 heteroatoms. The number of nitrogens with zero attached hydrogens (tertiary/aromatic N) is 3. The maximum absolute atomic E-state index is 13.1. The van der Waals surface area contributed by atoms with Crippen LogP contribution in [0.15, 0.2) is 36.5 Å². The number of aromatic nitrogens is 1. The van der Waals surface area contributed by atoms with E-state index in [-0.39, 0.29) is 5.75 Å². The SMILES string of the molecule is CN(C)C1CCN(c2ncc(C(=O)Nc3ccc(OC(F)(F)Cl)cc3)cc2B2OC(C)(C)C(C)(C)O2)C1. The Kier molecular flexibility index (Phi) is 7.46. The van der Waals surface area contributed by atoms with Crippen LogP contribution in [0.2, 0.25) is 0 Å². The molecule has 0 bridgehead atoms. The van der Waals surface area contributed by atoms with E-state index in [2.05, 4.69) is 38.9 Å². The van der Waals surface area contributed by atoms with E-state index in [1.165, 1.54) is 30.5 Å². The van der Waals surface area contributed by atoms with Crippen LogP contribution in [0.5, 0.6) is 5.75 Å². The number of hydrogen-bond donors (Lipinski definition) is 1. The molecule has 2 saturated heterocycles. The third-order valence-corrected chi connectivity index (χ3v) is 7.28. The maximum Gasteiger partial charge on any atom is 0.498 e. The average Bonchev–Trinajstić information content (AvgIpc) is 3.36. The number of nitrogens with one attached hydrogen (secondary N) is 1. The predicted octanol–water partition coefficient (Wildman–Crippen LogP) is 3.94. The minimum Gasteiger partial charge on any atom is -0.420 e. The fraction of sp³-hybridized carbons (Fsp3) is 0.520. The van der Waals surface area contributed by atoms with Crippen LogP contribution in [0.1, 0.15) is 44.5 Å². The Bertz CT molecular complexity index is 1130. The zero-order valence-electron chi connectivity index (χ0n) is 21.8. The van der Waals surface area contributed by atoms with E-state index in [0.717, 1.165) is 25.3 Å². The Morgan fingerprint density at radius 3 is 2.38 bits per heavy atom. The molecule has 2 fully saturated rings. The third-order valence-electron chi connectivity index (χ3n) is 7.20. The van der Waals surface area contributed by atoms with Gasteiger partial charge in [0.15, 0.2) is 0 Å². The Hall–Kier alpha value is -2.47. The lowest BCUT2D eigenvalue weighted by Crippen LogP contribution is -2.41. The zero-order valence-corrected chi connectivity index (χ0v) is 22.6. The van der Waals surface area contributed by atoms with E-state index >= 15 is 0 Å². The Labute approximate surface area is 221 Å². The number of rotatable bonds is 7. The van der Waals surface area contributed by atoms with Gasteiger partial charge < -0.3 is 29.2 Å². The zero-order chi connectivity index (χ0) is 27.2. The number of anilines is 2. The van der Waals surface area contributed by atoms with Gasteiger partial charge in [0.1, 0.15) is 11.6 Å². The van der Waals surface area contributed by atoms with Gasteiger partial charge >= 0.3 is 12.7 Å². The van der Waals surface area contributed by atoms with Crippen molar-refractivity contribution >= 4 is 41.6 Å². The molecule has 0 spiro atoms. The standard InChI is InChI=1S/C25H32BClF2N4O4/c1-23(2)24(3,4)37-26(36-23)20-13-16(14-30-21(20)33-12-11-18(15-33)32(5)6)22(34)31-17-7-9-19(10-8-17)35-25(27,28)29/h7-10,13-14,18H,11-12,15H2,1-6H3,(H,31,34). The highest BCUT2D eigenvalue weighted by Gasteiger charge is 2.53. The average molecular weight is 537 g/mol. The number of ether oxygens (including phenoxy) is 1. The summed E-state index contributed by atoms with van der Waals surface area (Å²) in [6, 6.07) is 7.60. The van der Waals surface area contributed by atoms with Gasteiger partial charge in [-0.1, -0.05) is 0 Å². The van der Waals surface area contributed by atoms with Gasteiger partial charge in [-0.05, 0) is 78.5 Å². The highest BCUT2D eigenvalue weighted by atomic mass is 35.5. The van der Waals surface area contributed by atoms with E-state index in [4.69, 9.17) is 20.9 Å². The van der Waals surface area contributed by atoms with Crippen molar-refractivity contribution in [2.24, 2.45) is 0 Å². The second-order valence-electron chi connectivity index (χ2n) is 10.6. The molecule has 200 valence electrons. The molecule has 4 rings (SSSR count). The first-order chi connectivity index (χ1) is 17.1. The lowest BCUT2D eigenvalue weighted by atomic mass is 9.78. The van der Waals surface area contributed by atoms with E-state index in [1.807, 2.05) is 27.7 Å². The van der Waals surface area contributed by atoms with Crippen molar-refractivity contribution in [2.45, 2.75) is 56.9 Å². The molecular formula is C25H32BClF2N4O4. The largest absolute Gasteiger partial charge is 0.498 e. The van der Waals surface area contributed by atoms with Gasteiger partial charge in [0.2, 0.25) is 0 Å². The molecule has 8 nitrogen and oxygen atoms in total. The van der Waals surface area contributed by atoms with Crippen molar-refractivity contribution in [2.75, 3.05) is 37.4 Å². The number of alkyl halides is 3. The van der Waals surface area contributed by atoms with Crippen molar-refractivity contribution < 1.29 is 27.6 Å². The first-order valence-electron chi connectivity index (χ1n) is 12.1. The second kappa shape index (κ2) is 10.0. The summed E-state index contributed by atoms with van der Waals surface area (Å²) in [5.74, 6) is 0.178. The van der Waals surface area contributed by atoms with Gasteiger partial charge in [0.05, 0.1) is 16.8 Å². The molecule has 0 radical (unpaired) electrons. The molecule has 3 heterocycles. The molecule has 2 aromatic rings. The number of halogens is 3. The minimum absolute atomic E-state index is 0.131. The third kappa shape index (κ3) is 6.17. The molecule has 1 unspecified atom stereocenters. The monoisotopic (exact) mass is 536 g/mol. The molecular weight excluding hydrogens is 505 g/mol. The van der Waals surface area contributed by atoms with Crippen LogP contribution in [0, 0.1) is 0 Å². The van der Waals surface area contributed by atoms with Crippen molar-refractivity contribution in [1.82, 2.24) is 9.88 Å². The summed E-state index contributed by atoms with van der Waals surface area (Å²) in [5, 5.41) is 2.75. The van der Waals surface area contributed by atoms with Crippen LogP contribution in [0.25, 0.3) is 0 Å². The molecule has 1 amide bonds. The van der Waals surface area contributed by atoms with Gasteiger partial charge in [-0.25, -0.2) is 4.98 Å². The van der Waals surface area contributed by atoms with E-state index in [1.54, 1.807) is 6.07 Å². The lowest BCUT2D eigenvalue weighted by molar-refractivity contribution is -0.0964. The molecule has 1 aromatic carbocycles. The molecule has 1 atom stereocenters. The minimum atomic E-state index is -3.82. The number of carbonyl (C=O) groups is 1. The molecule has 37 heavy (non-hydrogen) atoms. The predicted molar refractivity (Wildman–Crippen MR) is 140 cm³/mol. The van der Waals surface area contributed by atoms with Crippen LogP contribution in [0.3, 0.4) is 0 Å². The lowest BCUT2D eigenvalue weighted by Gasteiger charge is -2.32. The van der Waals surface area contributed by atoms with Crippen LogP contribution in [-0.2, 0) is 9.31 Å². The number of likely N-dealkylation sites (N-methyl/N-ethyl adjacent to an activating group) is 1.